The van der Waals surface area contributed by atoms with E-state index in [4.69, 9.17) is 11.6 Å². The first-order valence-electron chi connectivity index (χ1n) is 6.59. The van der Waals surface area contributed by atoms with Crippen LogP contribution < -0.4 is 5.32 Å². The van der Waals surface area contributed by atoms with Crippen LogP contribution in [0.2, 0.25) is 4.34 Å². The topological polar surface area (TPSA) is 81.2 Å². The molecular weight excluding hydrogens is 390 g/mol. The average molecular weight is 400 g/mol. The number of hydrogen-bond acceptors (Lipinski definition) is 8. The molecule has 0 aliphatic heterocycles. The van der Waals surface area contributed by atoms with E-state index in [0.29, 0.717) is 20.9 Å². The number of carbonyl (C=O) groups excluding carboxylic acids is 2. The van der Waals surface area contributed by atoms with Gasteiger partial charge in [0.2, 0.25) is 0 Å². The van der Waals surface area contributed by atoms with Gasteiger partial charge >= 0.3 is 5.97 Å². The van der Waals surface area contributed by atoms with E-state index in [0.717, 1.165) is 9.88 Å². The van der Waals surface area contributed by atoms with Crippen molar-refractivity contribution in [2.24, 2.45) is 0 Å². The van der Waals surface area contributed by atoms with Gasteiger partial charge in [-0.1, -0.05) is 11.6 Å². The van der Waals surface area contributed by atoms with Crippen LogP contribution in [0.5, 0.6) is 0 Å². The Labute approximate surface area is 154 Å². The molecule has 3 heterocycles. The number of thiophene rings is 1. The van der Waals surface area contributed by atoms with Crippen LogP contribution >= 0.6 is 45.6 Å². The highest BCUT2D eigenvalue weighted by atomic mass is 35.5. The number of nitrogens with zero attached hydrogens (tertiary/aromatic N) is 2. The van der Waals surface area contributed by atoms with Crippen molar-refractivity contribution in [2.45, 2.75) is 6.42 Å². The molecule has 0 bridgehead atoms. The first kappa shape index (κ1) is 17.0. The molecule has 0 atom stereocenters. The Kier molecular flexibility index (Phi) is 5.24. The number of methoxy groups -OCH3 is 1. The number of aromatic nitrogens is 2. The summed E-state index contributed by atoms with van der Waals surface area (Å²) in [7, 11) is 1.32. The Morgan fingerprint density at radius 3 is 2.79 bits per heavy atom. The third kappa shape index (κ3) is 3.99. The standard InChI is InChI=1S/C14H10ClN3O3S3/c1-21-11(19)4-7-5-23-14(16-7)18-12(20)8-6-22-13(17-8)9-2-3-10(15)24-9/h2-3,5-6H,4H2,1H3,(H,16,18,20). The summed E-state index contributed by atoms with van der Waals surface area (Å²) in [6, 6.07) is 3.66. The van der Waals surface area contributed by atoms with Crippen molar-refractivity contribution in [1.29, 1.82) is 0 Å². The van der Waals surface area contributed by atoms with Crippen LogP contribution in [0.15, 0.2) is 22.9 Å². The van der Waals surface area contributed by atoms with Crippen LogP contribution in [0.4, 0.5) is 5.13 Å². The summed E-state index contributed by atoms with van der Waals surface area (Å²) >= 11 is 9.93. The second-order valence-electron chi connectivity index (χ2n) is 4.49. The minimum absolute atomic E-state index is 0.0723. The molecule has 0 aliphatic rings. The summed E-state index contributed by atoms with van der Waals surface area (Å²) < 4.78 is 5.25. The summed E-state index contributed by atoms with van der Waals surface area (Å²) in [5.41, 5.74) is 0.860. The summed E-state index contributed by atoms with van der Waals surface area (Å²) in [5, 5.41) is 7.21. The van der Waals surface area contributed by atoms with E-state index in [1.807, 2.05) is 6.07 Å². The van der Waals surface area contributed by atoms with Gasteiger partial charge in [-0.05, 0) is 12.1 Å². The third-order valence-electron chi connectivity index (χ3n) is 2.85. The third-order valence-corrected chi connectivity index (χ3v) is 5.90. The fraction of sp³-hybridized carbons (Fsp3) is 0.143. The van der Waals surface area contributed by atoms with E-state index in [-0.39, 0.29) is 18.3 Å². The van der Waals surface area contributed by atoms with E-state index in [1.165, 1.54) is 41.1 Å². The molecule has 0 fully saturated rings. The summed E-state index contributed by atoms with van der Waals surface area (Å²) in [5.74, 6) is -0.726. The van der Waals surface area contributed by atoms with Crippen molar-refractivity contribution < 1.29 is 14.3 Å². The molecule has 0 saturated heterocycles. The smallest absolute Gasteiger partial charge is 0.311 e. The highest BCUT2D eigenvalue weighted by Gasteiger charge is 2.15. The van der Waals surface area contributed by atoms with Crippen molar-refractivity contribution in [1.82, 2.24) is 9.97 Å². The highest BCUT2D eigenvalue weighted by Crippen LogP contribution is 2.33. The van der Waals surface area contributed by atoms with Crippen LogP contribution in [0.25, 0.3) is 9.88 Å². The minimum Gasteiger partial charge on any atom is -0.469 e. The second-order valence-corrected chi connectivity index (χ2v) is 7.92. The lowest BCUT2D eigenvalue weighted by Gasteiger charge is -1.98. The number of esters is 1. The molecule has 3 aromatic rings. The Bertz CT molecular complexity index is 887. The van der Waals surface area contributed by atoms with E-state index in [9.17, 15) is 9.59 Å². The van der Waals surface area contributed by atoms with Crippen LogP contribution in [0.3, 0.4) is 0 Å². The fourth-order valence-corrected chi connectivity index (χ4v) is 4.37. The Hall–Kier alpha value is -1.81. The summed E-state index contributed by atoms with van der Waals surface area (Å²) in [6.45, 7) is 0. The zero-order chi connectivity index (χ0) is 17.1. The van der Waals surface area contributed by atoms with Crippen LogP contribution in [0, 0.1) is 0 Å². The largest absolute Gasteiger partial charge is 0.469 e. The van der Waals surface area contributed by atoms with Gasteiger partial charge in [0.15, 0.2) is 5.13 Å². The molecule has 0 radical (unpaired) electrons. The van der Waals surface area contributed by atoms with Crippen molar-refractivity contribution in [3.63, 3.8) is 0 Å². The number of halogens is 1. The molecular formula is C14H10ClN3O3S3. The SMILES string of the molecule is COC(=O)Cc1csc(NC(=O)c2csc(-c3ccc(Cl)s3)n2)n1. The van der Waals surface area contributed by atoms with Gasteiger partial charge in [0.05, 0.1) is 28.4 Å². The van der Waals surface area contributed by atoms with Gasteiger partial charge in [-0.15, -0.1) is 34.0 Å². The number of rotatable bonds is 5. The zero-order valence-corrected chi connectivity index (χ0v) is 15.4. The van der Waals surface area contributed by atoms with Crippen LogP contribution in [-0.4, -0.2) is 29.0 Å². The highest BCUT2D eigenvalue weighted by molar-refractivity contribution is 7.23. The maximum Gasteiger partial charge on any atom is 0.311 e. The molecule has 6 nitrogen and oxygen atoms in total. The quantitative estimate of drug-likeness (QED) is 0.657. The molecule has 3 aromatic heterocycles. The monoisotopic (exact) mass is 399 g/mol. The number of hydrogen-bond donors (Lipinski definition) is 1. The lowest BCUT2D eigenvalue weighted by molar-refractivity contribution is -0.139. The molecule has 10 heteroatoms. The van der Waals surface area contributed by atoms with E-state index in [1.54, 1.807) is 16.8 Å². The molecule has 0 aliphatic carbocycles. The number of thiazole rings is 2. The van der Waals surface area contributed by atoms with Gasteiger partial charge in [0.25, 0.3) is 5.91 Å². The zero-order valence-electron chi connectivity index (χ0n) is 12.2. The number of nitrogens with one attached hydrogen (secondary N) is 1. The van der Waals surface area contributed by atoms with Crippen molar-refractivity contribution in [3.05, 3.63) is 38.6 Å². The van der Waals surface area contributed by atoms with E-state index in [2.05, 4.69) is 20.0 Å². The van der Waals surface area contributed by atoms with Crippen LogP contribution in [-0.2, 0) is 16.0 Å². The maximum atomic E-state index is 12.2. The predicted molar refractivity (Wildman–Crippen MR) is 96.2 cm³/mol. The van der Waals surface area contributed by atoms with E-state index < -0.39 is 0 Å². The molecule has 0 unspecified atom stereocenters. The minimum atomic E-state index is -0.378. The maximum absolute atomic E-state index is 12.2. The van der Waals surface area contributed by atoms with Gasteiger partial charge in [-0.2, -0.15) is 0 Å². The van der Waals surface area contributed by atoms with Gasteiger partial charge < -0.3 is 4.74 Å². The lowest BCUT2D eigenvalue weighted by Crippen LogP contribution is -2.12. The van der Waals surface area contributed by atoms with Gasteiger partial charge in [-0.3, -0.25) is 14.9 Å². The van der Waals surface area contributed by atoms with E-state index >= 15 is 0 Å². The molecule has 3 rings (SSSR count). The predicted octanol–water partition coefficient (Wildman–Crippen LogP) is 3.95. The van der Waals surface area contributed by atoms with Crippen molar-refractivity contribution in [3.8, 4) is 9.88 Å². The normalized spacial score (nSPS) is 10.6. The fourth-order valence-electron chi connectivity index (χ4n) is 1.75. The molecule has 0 aromatic carbocycles. The number of amides is 1. The van der Waals surface area contributed by atoms with Gasteiger partial charge in [0, 0.05) is 10.8 Å². The average Bonchev–Trinajstić information content (AvgIpc) is 3.27. The number of ether oxygens (including phenoxy) is 1. The van der Waals surface area contributed by atoms with Crippen LogP contribution in [0.1, 0.15) is 16.2 Å². The van der Waals surface area contributed by atoms with Crippen molar-refractivity contribution in [2.75, 3.05) is 12.4 Å². The van der Waals surface area contributed by atoms with Crippen molar-refractivity contribution >= 4 is 62.6 Å². The Morgan fingerprint density at radius 1 is 1.25 bits per heavy atom. The molecule has 1 N–H and O–H groups in total. The molecule has 24 heavy (non-hydrogen) atoms. The van der Waals surface area contributed by atoms with Gasteiger partial charge in [0.1, 0.15) is 10.7 Å². The molecule has 0 saturated carbocycles. The molecule has 1 amide bonds. The second kappa shape index (κ2) is 7.39. The summed E-state index contributed by atoms with van der Waals surface area (Å²) in [4.78, 5) is 32.9. The van der Waals surface area contributed by atoms with Gasteiger partial charge in [-0.25, -0.2) is 9.97 Å². The number of carbonyl (C=O) groups is 2. The summed E-state index contributed by atoms with van der Waals surface area (Å²) in [6.07, 6.45) is 0.0723. The Balaban J connectivity index is 1.67. The number of anilines is 1. The Morgan fingerprint density at radius 2 is 2.08 bits per heavy atom. The lowest BCUT2D eigenvalue weighted by atomic mass is 10.3. The molecule has 124 valence electrons. The first-order valence-corrected chi connectivity index (χ1v) is 9.54. The first-order chi connectivity index (χ1) is 11.5. The molecule has 0 spiro atoms.